The van der Waals surface area contributed by atoms with Crippen molar-refractivity contribution in [2.45, 2.75) is 13.8 Å². The Kier molecular flexibility index (Phi) is 3.67. The molecule has 0 aromatic heterocycles. The van der Waals surface area contributed by atoms with Crippen LogP contribution in [-0.4, -0.2) is 25.2 Å². The minimum absolute atomic E-state index is 0.100. The van der Waals surface area contributed by atoms with Crippen LogP contribution in [0.3, 0.4) is 0 Å². The van der Waals surface area contributed by atoms with Gasteiger partial charge in [-0.2, -0.15) is 0 Å². The van der Waals surface area contributed by atoms with E-state index in [4.69, 9.17) is 0 Å². The van der Waals surface area contributed by atoms with E-state index < -0.39 is 0 Å². The van der Waals surface area contributed by atoms with Gasteiger partial charge in [0.05, 0.1) is 5.71 Å². The van der Waals surface area contributed by atoms with Crippen molar-refractivity contribution < 1.29 is 4.79 Å². The number of rotatable bonds is 2. The second kappa shape index (κ2) is 4.06. The molecule has 0 saturated carbocycles. The molecule has 0 aliphatic carbocycles. The summed E-state index contributed by atoms with van der Waals surface area (Å²) in [4.78, 5) is 14.6. The minimum atomic E-state index is -0.100. The van der Waals surface area contributed by atoms with Crippen LogP contribution in [0.5, 0.6) is 0 Å². The number of amides is 1. The van der Waals surface area contributed by atoms with Gasteiger partial charge in [0.1, 0.15) is 0 Å². The SMILES string of the molecule is CCN=C(C)C(=O)NC. The summed E-state index contributed by atoms with van der Waals surface area (Å²) >= 11 is 0. The number of nitrogens with zero attached hydrogens (tertiary/aromatic N) is 1. The fourth-order valence-corrected chi connectivity index (χ4v) is 0.490. The van der Waals surface area contributed by atoms with E-state index in [1.165, 1.54) is 0 Å². The molecule has 0 aliphatic heterocycles. The maximum atomic E-state index is 10.7. The highest BCUT2D eigenvalue weighted by molar-refractivity contribution is 6.37. The first-order valence-corrected chi connectivity index (χ1v) is 2.95. The molecule has 3 nitrogen and oxygen atoms in total. The predicted octanol–water partition coefficient (Wildman–Crippen LogP) is 0.213. The summed E-state index contributed by atoms with van der Waals surface area (Å²) in [5.41, 5.74) is 0.542. The Morgan fingerprint density at radius 1 is 1.67 bits per heavy atom. The van der Waals surface area contributed by atoms with Crippen LogP contribution in [0.2, 0.25) is 0 Å². The minimum Gasteiger partial charge on any atom is -0.354 e. The molecule has 0 heterocycles. The van der Waals surface area contributed by atoms with Crippen LogP contribution in [-0.2, 0) is 4.79 Å². The summed E-state index contributed by atoms with van der Waals surface area (Å²) < 4.78 is 0. The molecule has 0 aromatic rings. The van der Waals surface area contributed by atoms with Crippen molar-refractivity contribution in [2.24, 2.45) is 4.99 Å². The Morgan fingerprint density at radius 3 is 2.56 bits per heavy atom. The van der Waals surface area contributed by atoms with Crippen molar-refractivity contribution in [3.8, 4) is 0 Å². The molecule has 0 spiro atoms. The lowest BCUT2D eigenvalue weighted by Gasteiger charge is -1.95. The van der Waals surface area contributed by atoms with E-state index in [1.807, 2.05) is 6.92 Å². The molecule has 0 atom stereocenters. The van der Waals surface area contributed by atoms with Crippen molar-refractivity contribution >= 4 is 11.6 Å². The van der Waals surface area contributed by atoms with Gasteiger partial charge in [0.25, 0.3) is 5.91 Å². The Bertz CT molecular complexity index is 129. The number of hydrogen-bond acceptors (Lipinski definition) is 2. The van der Waals surface area contributed by atoms with Gasteiger partial charge in [-0.1, -0.05) is 0 Å². The van der Waals surface area contributed by atoms with Crippen molar-refractivity contribution in [1.29, 1.82) is 0 Å². The van der Waals surface area contributed by atoms with Gasteiger partial charge in [-0.3, -0.25) is 9.79 Å². The third-order valence-electron chi connectivity index (χ3n) is 0.951. The second-order valence-corrected chi connectivity index (χ2v) is 1.64. The molecule has 1 amide bonds. The van der Waals surface area contributed by atoms with Gasteiger partial charge in [-0.05, 0) is 13.8 Å². The topological polar surface area (TPSA) is 41.5 Å². The lowest BCUT2D eigenvalue weighted by atomic mass is 10.4. The summed E-state index contributed by atoms with van der Waals surface area (Å²) in [6.45, 7) is 4.26. The second-order valence-electron chi connectivity index (χ2n) is 1.64. The molecular formula is C6H12N2O. The molecule has 0 aromatic carbocycles. The van der Waals surface area contributed by atoms with E-state index in [2.05, 4.69) is 10.3 Å². The summed E-state index contributed by atoms with van der Waals surface area (Å²) in [7, 11) is 1.59. The molecule has 0 aliphatic rings. The van der Waals surface area contributed by atoms with Gasteiger partial charge in [-0.15, -0.1) is 0 Å². The molecule has 0 saturated heterocycles. The molecule has 52 valence electrons. The highest BCUT2D eigenvalue weighted by atomic mass is 16.1. The normalized spacial score (nSPS) is 11.2. The molecule has 0 rings (SSSR count). The molecule has 0 fully saturated rings. The van der Waals surface area contributed by atoms with Crippen molar-refractivity contribution in [3.05, 3.63) is 0 Å². The van der Waals surface area contributed by atoms with Gasteiger partial charge in [-0.25, -0.2) is 0 Å². The lowest BCUT2D eigenvalue weighted by Crippen LogP contribution is -2.25. The Balaban J connectivity index is 3.86. The molecule has 0 radical (unpaired) electrons. The Hall–Kier alpha value is -0.860. The van der Waals surface area contributed by atoms with Crippen molar-refractivity contribution in [2.75, 3.05) is 13.6 Å². The summed E-state index contributed by atoms with van der Waals surface area (Å²) in [6.07, 6.45) is 0. The van der Waals surface area contributed by atoms with Crippen LogP contribution >= 0.6 is 0 Å². The zero-order chi connectivity index (χ0) is 7.28. The zero-order valence-electron chi connectivity index (χ0n) is 6.06. The summed E-state index contributed by atoms with van der Waals surface area (Å²) in [5, 5.41) is 2.48. The molecule has 9 heavy (non-hydrogen) atoms. The highest BCUT2D eigenvalue weighted by Gasteiger charge is 1.98. The molecule has 0 bridgehead atoms. The van der Waals surface area contributed by atoms with E-state index in [0.29, 0.717) is 12.3 Å². The number of nitrogens with one attached hydrogen (secondary N) is 1. The first-order valence-electron chi connectivity index (χ1n) is 2.95. The van der Waals surface area contributed by atoms with Crippen LogP contribution in [0.1, 0.15) is 13.8 Å². The lowest BCUT2D eigenvalue weighted by molar-refractivity contribution is -0.114. The maximum absolute atomic E-state index is 10.7. The van der Waals surface area contributed by atoms with Gasteiger partial charge in [0.2, 0.25) is 0 Å². The highest BCUT2D eigenvalue weighted by Crippen LogP contribution is 1.76. The fourth-order valence-electron chi connectivity index (χ4n) is 0.490. The van der Waals surface area contributed by atoms with Crippen LogP contribution < -0.4 is 5.32 Å². The molecule has 1 N–H and O–H groups in total. The van der Waals surface area contributed by atoms with E-state index in [1.54, 1.807) is 14.0 Å². The average molecular weight is 128 g/mol. The third kappa shape index (κ3) is 2.85. The number of aliphatic imine (C=N–C) groups is 1. The number of carbonyl (C=O) groups excluding carboxylic acids is 1. The Labute approximate surface area is 55.2 Å². The largest absolute Gasteiger partial charge is 0.354 e. The van der Waals surface area contributed by atoms with Gasteiger partial charge in [0.15, 0.2) is 0 Å². The van der Waals surface area contributed by atoms with E-state index in [0.717, 1.165) is 0 Å². The third-order valence-corrected chi connectivity index (χ3v) is 0.951. The van der Waals surface area contributed by atoms with E-state index in [9.17, 15) is 4.79 Å². The Morgan fingerprint density at radius 2 is 2.22 bits per heavy atom. The summed E-state index contributed by atoms with van der Waals surface area (Å²) in [6, 6.07) is 0. The van der Waals surface area contributed by atoms with Gasteiger partial charge >= 0.3 is 0 Å². The van der Waals surface area contributed by atoms with Crippen molar-refractivity contribution in [3.63, 3.8) is 0 Å². The monoisotopic (exact) mass is 128 g/mol. The fraction of sp³-hybridized carbons (Fsp3) is 0.667. The van der Waals surface area contributed by atoms with Crippen molar-refractivity contribution in [1.82, 2.24) is 5.32 Å². The predicted molar refractivity (Wildman–Crippen MR) is 37.7 cm³/mol. The van der Waals surface area contributed by atoms with Crippen LogP contribution in [0.4, 0.5) is 0 Å². The number of hydrogen-bond donors (Lipinski definition) is 1. The summed E-state index contributed by atoms with van der Waals surface area (Å²) in [5.74, 6) is -0.100. The van der Waals surface area contributed by atoms with Crippen LogP contribution in [0.25, 0.3) is 0 Å². The van der Waals surface area contributed by atoms with Crippen LogP contribution in [0.15, 0.2) is 4.99 Å². The quantitative estimate of drug-likeness (QED) is 0.531. The van der Waals surface area contributed by atoms with Gasteiger partial charge < -0.3 is 5.32 Å². The maximum Gasteiger partial charge on any atom is 0.264 e. The zero-order valence-corrected chi connectivity index (χ0v) is 6.06. The average Bonchev–Trinajstić information content (AvgIpc) is 1.87. The molecule has 3 heteroatoms. The molecule has 0 unspecified atom stereocenters. The van der Waals surface area contributed by atoms with Gasteiger partial charge in [0, 0.05) is 13.6 Å². The first-order chi connectivity index (χ1) is 4.22. The number of carbonyl (C=O) groups is 1. The van der Waals surface area contributed by atoms with Crippen LogP contribution in [0, 0.1) is 0 Å². The first kappa shape index (κ1) is 8.14. The standard InChI is InChI=1S/C6H12N2O/c1-4-8-5(2)6(9)7-3/h4H2,1-3H3,(H,7,9). The van der Waals surface area contributed by atoms with E-state index in [-0.39, 0.29) is 5.91 Å². The molecular weight excluding hydrogens is 116 g/mol. The van der Waals surface area contributed by atoms with E-state index >= 15 is 0 Å². The smallest absolute Gasteiger partial charge is 0.264 e.